The molecule has 0 saturated heterocycles. The lowest BCUT2D eigenvalue weighted by atomic mass is 10.1. The number of aromatic nitrogens is 1. The van der Waals surface area contributed by atoms with Crippen molar-refractivity contribution in [1.82, 2.24) is 4.57 Å². The quantitative estimate of drug-likeness (QED) is 0.725. The first-order valence-electron chi connectivity index (χ1n) is 6.87. The zero-order valence-corrected chi connectivity index (χ0v) is 13.8. The molecule has 0 spiro atoms. The van der Waals surface area contributed by atoms with Crippen LogP contribution in [0.2, 0.25) is 0 Å². The third-order valence-corrected chi connectivity index (χ3v) is 4.26. The van der Waals surface area contributed by atoms with Crippen LogP contribution in [0, 0.1) is 0 Å². The number of rotatable bonds is 2. The summed E-state index contributed by atoms with van der Waals surface area (Å²) >= 11 is 3.35. The van der Waals surface area contributed by atoms with Crippen molar-refractivity contribution in [2.24, 2.45) is 7.05 Å². The zero-order valence-electron chi connectivity index (χ0n) is 12.2. The second-order valence-corrected chi connectivity index (χ2v) is 5.90. The fourth-order valence-electron chi connectivity index (χ4n) is 2.45. The molecule has 2 aromatic carbocycles. The molecule has 3 aromatic rings. The summed E-state index contributed by atoms with van der Waals surface area (Å²) in [6, 6.07) is 14.0. The molecule has 0 aliphatic carbocycles. The minimum atomic E-state index is -0.646. The number of nitrogens with one attached hydrogen (secondary N) is 1. The Morgan fingerprint density at radius 3 is 2.52 bits per heavy atom. The zero-order chi connectivity index (χ0) is 16.6. The first kappa shape index (κ1) is 15.3. The summed E-state index contributed by atoms with van der Waals surface area (Å²) in [5.74, 6) is -0.976. The Bertz CT molecular complexity index is 965. The van der Waals surface area contributed by atoms with Gasteiger partial charge in [-0.2, -0.15) is 0 Å². The highest BCUT2D eigenvalue weighted by atomic mass is 79.9. The average Bonchev–Trinajstić information content (AvgIpc) is 2.53. The molecule has 0 saturated carbocycles. The molecule has 1 amide bonds. The molecule has 116 valence electrons. The van der Waals surface area contributed by atoms with Gasteiger partial charge in [0.05, 0.1) is 10.9 Å². The smallest absolute Gasteiger partial charge is 0.267 e. The maximum atomic E-state index is 12.5. The van der Waals surface area contributed by atoms with Gasteiger partial charge in [-0.3, -0.25) is 9.59 Å². The van der Waals surface area contributed by atoms with Crippen LogP contribution in [0.5, 0.6) is 5.75 Å². The lowest BCUT2D eigenvalue weighted by Crippen LogP contribution is -2.28. The number of hydrogen-bond donors (Lipinski definition) is 2. The van der Waals surface area contributed by atoms with Gasteiger partial charge in [-0.15, -0.1) is 0 Å². The van der Waals surface area contributed by atoms with Gasteiger partial charge in [0.2, 0.25) is 0 Å². The van der Waals surface area contributed by atoms with E-state index in [2.05, 4.69) is 21.2 Å². The van der Waals surface area contributed by atoms with Crippen LogP contribution in [0.15, 0.2) is 57.8 Å². The Hall–Kier alpha value is -2.60. The highest BCUT2D eigenvalue weighted by molar-refractivity contribution is 9.10. The number of hydrogen-bond acceptors (Lipinski definition) is 3. The number of para-hydroxylation sites is 1. The Morgan fingerprint density at radius 1 is 1.13 bits per heavy atom. The van der Waals surface area contributed by atoms with Crippen molar-refractivity contribution in [2.75, 3.05) is 5.32 Å². The molecular formula is C17H13BrN2O3. The molecule has 0 aliphatic rings. The molecule has 0 bridgehead atoms. The molecule has 2 N–H and O–H groups in total. The van der Waals surface area contributed by atoms with Gasteiger partial charge < -0.3 is 15.0 Å². The SMILES string of the molecule is Cn1c(=O)c(C(=O)Nc2ccccc2)c(O)c2c(Br)cccc21. The number of nitrogens with zero attached hydrogens (tertiary/aromatic N) is 1. The molecule has 3 rings (SSSR count). The van der Waals surface area contributed by atoms with Gasteiger partial charge in [-0.05, 0) is 40.2 Å². The summed E-state index contributed by atoms with van der Waals surface area (Å²) in [5, 5.41) is 13.5. The van der Waals surface area contributed by atoms with Crippen LogP contribution in [0.1, 0.15) is 10.4 Å². The standard InChI is InChI=1S/C17H13BrN2O3/c1-20-12-9-5-8-11(18)13(12)15(21)14(17(20)23)16(22)19-10-6-3-2-4-7-10/h2-9,21H,1H3,(H,19,22). The summed E-state index contributed by atoms with van der Waals surface area (Å²) in [6.45, 7) is 0. The normalized spacial score (nSPS) is 10.7. The van der Waals surface area contributed by atoms with Gasteiger partial charge in [-0.1, -0.05) is 24.3 Å². The van der Waals surface area contributed by atoms with E-state index in [0.29, 0.717) is 21.1 Å². The first-order valence-corrected chi connectivity index (χ1v) is 7.66. The summed E-state index contributed by atoms with van der Waals surface area (Å²) in [6.07, 6.45) is 0. The van der Waals surface area contributed by atoms with Crippen molar-refractivity contribution in [3.05, 3.63) is 68.9 Å². The van der Waals surface area contributed by atoms with E-state index in [1.807, 2.05) is 6.07 Å². The van der Waals surface area contributed by atoms with Gasteiger partial charge in [0, 0.05) is 17.2 Å². The van der Waals surface area contributed by atoms with Crippen molar-refractivity contribution in [3.63, 3.8) is 0 Å². The van der Waals surface area contributed by atoms with Crippen LogP contribution < -0.4 is 10.9 Å². The van der Waals surface area contributed by atoms with E-state index in [9.17, 15) is 14.7 Å². The van der Waals surface area contributed by atoms with E-state index in [-0.39, 0.29) is 11.3 Å². The number of aromatic hydroxyl groups is 1. The lowest BCUT2D eigenvalue weighted by Gasteiger charge is -2.13. The molecule has 23 heavy (non-hydrogen) atoms. The van der Waals surface area contributed by atoms with E-state index < -0.39 is 11.5 Å². The predicted octanol–water partition coefficient (Wildman–Crippen LogP) is 3.26. The van der Waals surface area contributed by atoms with Gasteiger partial charge in [0.15, 0.2) is 0 Å². The maximum Gasteiger partial charge on any atom is 0.267 e. The minimum Gasteiger partial charge on any atom is -0.506 e. The number of pyridine rings is 1. The predicted molar refractivity (Wildman–Crippen MR) is 92.9 cm³/mol. The number of fused-ring (bicyclic) bond motifs is 1. The summed E-state index contributed by atoms with van der Waals surface area (Å²) in [5.41, 5.74) is 0.251. The van der Waals surface area contributed by atoms with Crippen LogP contribution in [-0.2, 0) is 7.05 Å². The number of carbonyl (C=O) groups is 1. The summed E-state index contributed by atoms with van der Waals surface area (Å²) in [7, 11) is 1.57. The number of amides is 1. The third-order valence-electron chi connectivity index (χ3n) is 3.60. The van der Waals surface area contributed by atoms with Crippen molar-refractivity contribution in [2.45, 2.75) is 0 Å². The van der Waals surface area contributed by atoms with Crippen molar-refractivity contribution >= 4 is 38.4 Å². The topological polar surface area (TPSA) is 71.3 Å². The molecular weight excluding hydrogens is 360 g/mol. The van der Waals surface area contributed by atoms with Crippen LogP contribution in [0.25, 0.3) is 10.9 Å². The van der Waals surface area contributed by atoms with Crippen LogP contribution in [0.3, 0.4) is 0 Å². The van der Waals surface area contributed by atoms with Crippen LogP contribution in [0.4, 0.5) is 5.69 Å². The summed E-state index contributed by atoms with van der Waals surface area (Å²) in [4.78, 5) is 24.9. The second-order valence-electron chi connectivity index (χ2n) is 5.04. The van der Waals surface area contributed by atoms with E-state index in [0.717, 1.165) is 0 Å². The number of benzene rings is 2. The van der Waals surface area contributed by atoms with Crippen molar-refractivity contribution in [3.8, 4) is 5.75 Å². The molecule has 0 atom stereocenters. The fraction of sp³-hybridized carbons (Fsp3) is 0.0588. The molecule has 0 aliphatic heterocycles. The minimum absolute atomic E-state index is 0.282. The highest BCUT2D eigenvalue weighted by Gasteiger charge is 2.22. The highest BCUT2D eigenvalue weighted by Crippen LogP contribution is 2.32. The number of halogens is 1. The van der Waals surface area contributed by atoms with E-state index in [1.165, 1.54) is 4.57 Å². The van der Waals surface area contributed by atoms with Gasteiger partial charge in [0.1, 0.15) is 11.3 Å². The Labute approximate surface area is 140 Å². The molecule has 0 radical (unpaired) electrons. The third kappa shape index (κ3) is 2.61. The van der Waals surface area contributed by atoms with Crippen LogP contribution in [-0.4, -0.2) is 15.6 Å². The molecule has 1 heterocycles. The number of aryl methyl sites for hydroxylation is 1. The Kier molecular flexibility index (Phi) is 3.92. The van der Waals surface area contributed by atoms with Gasteiger partial charge in [-0.25, -0.2) is 0 Å². The number of anilines is 1. The van der Waals surface area contributed by atoms with E-state index in [1.54, 1.807) is 49.5 Å². The Morgan fingerprint density at radius 2 is 1.83 bits per heavy atom. The van der Waals surface area contributed by atoms with E-state index in [4.69, 9.17) is 0 Å². The Balaban J connectivity index is 2.20. The molecule has 6 heteroatoms. The molecule has 5 nitrogen and oxygen atoms in total. The van der Waals surface area contributed by atoms with Crippen molar-refractivity contribution < 1.29 is 9.90 Å². The summed E-state index contributed by atoms with van der Waals surface area (Å²) < 4.78 is 1.96. The fourth-order valence-corrected chi connectivity index (χ4v) is 2.99. The monoisotopic (exact) mass is 372 g/mol. The maximum absolute atomic E-state index is 12.5. The second kappa shape index (κ2) is 5.89. The largest absolute Gasteiger partial charge is 0.506 e. The van der Waals surface area contributed by atoms with Gasteiger partial charge >= 0.3 is 0 Å². The van der Waals surface area contributed by atoms with Crippen LogP contribution >= 0.6 is 15.9 Å². The first-order chi connectivity index (χ1) is 11.0. The number of carbonyl (C=O) groups excluding carboxylic acids is 1. The average molecular weight is 373 g/mol. The van der Waals surface area contributed by atoms with Crippen molar-refractivity contribution in [1.29, 1.82) is 0 Å². The molecule has 0 fully saturated rings. The molecule has 1 aromatic heterocycles. The lowest BCUT2D eigenvalue weighted by molar-refractivity contribution is 0.102. The molecule has 0 unspecified atom stereocenters. The van der Waals surface area contributed by atoms with Gasteiger partial charge in [0.25, 0.3) is 11.5 Å². The van der Waals surface area contributed by atoms with E-state index >= 15 is 0 Å².